The van der Waals surface area contributed by atoms with Crippen LogP contribution in [0.25, 0.3) is 0 Å². The molecule has 6 heteroatoms. The van der Waals surface area contributed by atoms with Crippen LogP contribution in [-0.4, -0.2) is 35.5 Å². The molecule has 106 valence electrons. The number of methoxy groups -OCH3 is 1. The van der Waals surface area contributed by atoms with E-state index in [9.17, 15) is 15.0 Å². The molecule has 19 heavy (non-hydrogen) atoms. The average Bonchev–Trinajstić information content (AvgIpc) is 2.34. The van der Waals surface area contributed by atoms with Gasteiger partial charge >= 0.3 is 5.97 Å². The molecule has 1 aromatic rings. The maximum atomic E-state index is 11.4. The van der Waals surface area contributed by atoms with E-state index in [0.717, 1.165) is 4.47 Å². The molecule has 5 nitrogen and oxygen atoms in total. The standard InChI is InChI=1S/C13H17BrO5/c1-7(15)8(2)19-12(13(16)17)10-6-9(14)4-5-11(10)18-3/h4-8,12,15H,1-3H3,(H,16,17). The Hall–Kier alpha value is -1.11. The van der Waals surface area contributed by atoms with Crippen LogP contribution < -0.4 is 4.74 Å². The molecule has 0 bridgehead atoms. The lowest BCUT2D eigenvalue weighted by atomic mass is 10.1. The number of aliphatic hydroxyl groups is 1. The van der Waals surface area contributed by atoms with Crippen LogP contribution in [0.5, 0.6) is 5.75 Å². The monoisotopic (exact) mass is 332 g/mol. The number of ether oxygens (including phenoxy) is 2. The van der Waals surface area contributed by atoms with E-state index in [2.05, 4.69) is 15.9 Å². The largest absolute Gasteiger partial charge is 0.496 e. The Morgan fingerprint density at radius 2 is 2.00 bits per heavy atom. The lowest BCUT2D eigenvalue weighted by Crippen LogP contribution is -2.28. The Balaban J connectivity index is 3.12. The molecule has 0 heterocycles. The van der Waals surface area contributed by atoms with Gasteiger partial charge in [0.25, 0.3) is 0 Å². The highest BCUT2D eigenvalue weighted by Gasteiger charge is 2.28. The number of hydrogen-bond donors (Lipinski definition) is 2. The molecule has 0 aliphatic rings. The molecule has 3 unspecified atom stereocenters. The third kappa shape index (κ3) is 4.19. The average molecular weight is 333 g/mol. The Morgan fingerprint density at radius 3 is 2.47 bits per heavy atom. The highest BCUT2D eigenvalue weighted by molar-refractivity contribution is 9.10. The zero-order chi connectivity index (χ0) is 14.6. The summed E-state index contributed by atoms with van der Waals surface area (Å²) in [6.07, 6.45) is -2.57. The van der Waals surface area contributed by atoms with Gasteiger partial charge in [-0.25, -0.2) is 4.79 Å². The second-order valence-corrected chi connectivity index (χ2v) is 5.10. The summed E-state index contributed by atoms with van der Waals surface area (Å²) in [5.41, 5.74) is 0.400. The van der Waals surface area contributed by atoms with Gasteiger partial charge in [-0.15, -0.1) is 0 Å². The SMILES string of the molecule is COc1ccc(Br)cc1C(OC(C)C(C)O)C(=O)O. The Kier molecular flexibility index (Phi) is 5.78. The summed E-state index contributed by atoms with van der Waals surface area (Å²) in [5.74, 6) is -0.711. The third-order valence-corrected chi connectivity index (χ3v) is 3.22. The molecule has 0 saturated carbocycles. The van der Waals surface area contributed by atoms with E-state index >= 15 is 0 Å². The van der Waals surface area contributed by atoms with Crippen LogP contribution in [0.4, 0.5) is 0 Å². The summed E-state index contributed by atoms with van der Waals surface area (Å²) < 4.78 is 11.3. The Labute approximate surface area is 120 Å². The van der Waals surface area contributed by atoms with E-state index in [4.69, 9.17) is 9.47 Å². The van der Waals surface area contributed by atoms with Gasteiger partial charge in [0, 0.05) is 10.0 Å². The van der Waals surface area contributed by atoms with Crippen LogP contribution in [0, 0.1) is 0 Å². The molecule has 0 amide bonds. The maximum Gasteiger partial charge on any atom is 0.337 e. The minimum Gasteiger partial charge on any atom is -0.496 e. The Morgan fingerprint density at radius 1 is 1.37 bits per heavy atom. The fourth-order valence-electron chi connectivity index (χ4n) is 1.50. The number of aliphatic hydroxyl groups excluding tert-OH is 1. The highest BCUT2D eigenvalue weighted by atomic mass is 79.9. The van der Waals surface area contributed by atoms with Crippen LogP contribution in [0.15, 0.2) is 22.7 Å². The van der Waals surface area contributed by atoms with Crippen molar-refractivity contribution in [2.75, 3.05) is 7.11 Å². The first-order chi connectivity index (χ1) is 8.86. The van der Waals surface area contributed by atoms with Crippen LogP contribution >= 0.6 is 15.9 Å². The number of carboxylic acid groups (broad SMARTS) is 1. The van der Waals surface area contributed by atoms with Crippen molar-refractivity contribution in [2.45, 2.75) is 32.2 Å². The summed E-state index contributed by atoms with van der Waals surface area (Å²) in [4.78, 5) is 11.4. The molecular weight excluding hydrogens is 316 g/mol. The first-order valence-electron chi connectivity index (χ1n) is 5.76. The van der Waals surface area contributed by atoms with Gasteiger partial charge in [0.1, 0.15) is 5.75 Å². The second kappa shape index (κ2) is 6.88. The summed E-state index contributed by atoms with van der Waals surface area (Å²) in [5, 5.41) is 18.7. The van der Waals surface area contributed by atoms with Crippen LogP contribution in [0.3, 0.4) is 0 Å². The van der Waals surface area contributed by atoms with Crippen molar-refractivity contribution >= 4 is 21.9 Å². The number of benzene rings is 1. The van der Waals surface area contributed by atoms with Gasteiger partial charge in [0.15, 0.2) is 6.10 Å². The van der Waals surface area contributed by atoms with E-state index in [-0.39, 0.29) is 0 Å². The lowest BCUT2D eigenvalue weighted by Gasteiger charge is -2.23. The molecule has 0 aliphatic carbocycles. The molecule has 0 aliphatic heterocycles. The third-order valence-electron chi connectivity index (χ3n) is 2.73. The van der Waals surface area contributed by atoms with Crippen LogP contribution in [0.2, 0.25) is 0 Å². The smallest absolute Gasteiger partial charge is 0.337 e. The molecule has 1 aromatic carbocycles. The zero-order valence-electron chi connectivity index (χ0n) is 11.0. The summed E-state index contributed by atoms with van der Waals surface area (Å²) in [7, 11) is 1.46. The second-order valence-electron chi connectivity index (χ2n) is 4.19. The summed E-state index contributed by atoms with van der Waals surface area (Å²) in [6, 6.07) is 5.04. The predicted molar refractivity (Wildman–Crippen MR) is 73.3 cm³/mol. The molecule has 0 saturated heterocycles. The van der Waals surface area contributed by atoms with Crippen molar-refractivity contribution in [2.24, 2.45) is 0 Å². The van der Waals surface area contributed by atoms with Gasteiger partial charge in [-0.3, -0.25) is 0 Å². The van der Waals surface area contributed by atoms with Gasteiger partial charge in [-0.05, 0) is 32.0 Å². The maximum absolute atomic E-state index is 11.4. The minimum absolute atomic E-state index is 0.400. The van der Waals surface area contributed by atoms with E-state index in [1.165, 1.54) is 7.11 Å². The number of aliphatic carboxylic acids is 1. The van der Waals surface area contributed by atoms with Crippen molar-refractivity contribution in [3.8, 4) is 5.75 Å². The van der Waals surface area contributed by atoms with Crippen molar-refractivity contribution in [1.29, 1.82) is 0 Å². The fourth-order valence-corrected chi connectivity index (χ4v) is 1.88. The first-order valence-corrected chi connectivity index (χ1v) is 6.56. The van der Waals surface area contributed by atoms with Crippen LogP contribution in [-0.2, 0) is 9.53 Å². The normalized spacial score (nSPS) is 15.6. The lowest BCUT2D eigenvalue weighted by molar-refractivity contribution is -0.158. The molecule has 0 fully saturated rings. The number of carboxylic acids is 1. The topological polar surface area (TPSA) is 76.0 Å². The number of hydrogen-bond acceptors (Lipinski definition) is 4. The van der Waals surface area contributed by atoms with E-state index in [1.807, 2.05) is 0 Å². The first kappa shape index (κ1) is 15.9. The fraction of sp³-hybridized carbons (Fsp3) is 0.462. The van der Waals surface area contributed by atoms with E-state index < -0.39 is 24.3 Å². The molecule has 1 rings (SSSR count). The predicted octanol–water partition coefficient (Wildman–Crippen LogP) is 2.37. The number of carbonyl (C=O) groups is 1. The zero-order valence-corrected chi connectivity index (χ0v) is 12.5. The number of halogens is 1. The quantitative estimate of drug-likeness (QED) is 0.836. The van der Waals surface area contributed by atoms with Gasteiger partial charge in [-0.1, -0.05) is 15.9 Å². The molecule has 0 spiro atoms. The van der Waals surface area contributed by atoms with Gasteiger partial charge in [-0.2, -0.15) is 0 Å². The molecular formula is C13H17BrO5. The summed E-state index contributed by atoms with van der Waals surface area (Å²) in [6.45, 7) is 3.16. The van der Waals surface area contributed by atoms with Crippen molar-refractivity contribution < 1.29 is 24.5 Å². The Bertz CT molecular complexity index is 447. The van der Waals surface area contributed by atoms with E-state index in [0.29, 0.717) is 11.3 Å². The molecule has 0 radical (unpaired) electrons. The molecule has 0 aromatic heterocycles. The highest BCUT2D eigenvalue weighted by Crippen LogP contribution is 2.31. The minimum atomic E-state index is -1.20. The van der Waals surface area contributed by atoms with Crippen molar-refractivity contribution in [3.05, 3.63) is 28.2 Å². The van der Waals surface area contributed by atoms with Gasteiger partial charge < -0.3 is 19.7 Å². The number of rotatable bonds is 6. The summed E-state index contributed by atoms with van der Waals surface area (Å²) >= 11 is 3.28. The van der Waals surface area contributed by atoms with Crippen molar-refractivity contribution in [3.63, 3.8) is 0 Å². The van der Waals surface area contributed by atoms with E-state index in [1.54, 1.807) is 32.0 Å². The molecule has 2 N–H and O–H groups in total. The van der Waals surface area contributed by atoms with Crippen molar-refractivity contribution in [1.82, 2.24) is 0 Å². The van der Waals surface area contributed by atoms with Gasteiger partial charge in [0.05, 0.1) is 19.3 Å². The molecule has 3 atom stereocenters. The van der Waals surface area contributed by atoms with Gasteiger partial charge in [0.2, 0.25) is 0 Å². The van der Waals surface area contributed by atoms with Crippen LogP contribution in [0.1, 0.15) is 25.5 Å².